The van der Waals surface area contributed by atoms with E-state index in [1.165, 1.54) is 11.1 Å². The summed E-state index contributed by atoms with van der Waals surface area (Å²) < 4.78 is 0. The molecule has 1 atom stereocenters. The van der Waals surface area contributed by atoms with Gasteiger partial charge in [0, 0.05) is 12.6 Å². The van der Waals surface area contributed by atoms with E-state index >= 15 is 0 Å². The van der Waals surface area contributed by atoms with Gasteiger partial charge in [-0.15, -0.1) is 0 Å². The summed E-state index contributed by atoms with van der Waals surface area (Å²) in [5.41, 5.74) is 2.49. The van der Waals surface area contributed by atoms with Gasteiger partial charge < -0.3 is 15.5 Å². The van der Waals surface area contributed by atoms with Crippen molar-refractivity contribution in [3.63, 3.8) is 0 Å². The Morgan fingerprint density at radius 1 is 1.14 bits per heavy atom. The second kappa shape index (κ2) is 9.20. The fourth-order valence-electron chi connectivity index (χ4n) is 2.27. The average molecular weight is 306 g/mol. The minimum Gasteiger partial charge on any atom is -0.351 e. The average Bonchev–Trinajstić information content (AvgIpc) is 2.39. The maximum atomic E-state index is 11.9. The molecule has 2 amide bonds. The molecule has 5 nitrogen and oxygen atoms in total. The number of benzene rings is 1. The van der Waals surface area contributed by atoms with Crippen molar-refractivity contribution in [3.8, 4) is 0 Å². The molecular formula is C17H28N3O2+. The van der Waals surface area contributed by atoms with E-state index in [1.54, 1.807) is 0 Å². The van der Waals surface area contributed by atoms with E-state index in [0.717, 1.165) is 11.3 Å². The SMILES string of the molecule is Cc1ccccc1CCNC(=O)C[NH+](C)CC(=O)NC(C)C. The first-order chi connectivity index (χ1) is 10.4. The molecule has 0 spiro atoms. The lowest BCUT2D eigenvalue weighted by Gasteiger charge is -2.15. The molecule has 0 saturated carbocycles. The highest BCUT2D eigenvalue weighted by molar-refractivity contribution is 5.79. The zero-order valence-corrected chi connectivity index (χ0v) is 14.0. The van der Waals surface area contributed by atoms with Crippen molar-refractivity contribution in [2.24, 2.45) is 0 Å². The molecule has 0 saturated heterocycles. The Morgan fingerprint density at radius 2 is 1.77 bits per heavy atom. The van der Waals surface area contributed by atoms with Gasteiger partial charge in [-0.05, 0) is 38.3 Å². The lowest BCUT2D eigenvalue weighted by atomic mass is 10.1. The van der Waals surface area contributed by atoms with Crippen molar-refractivity contribution in [2.75, 3.05) is 26.7 Å². The quantitative estimate of drug-likeness (QED) is 0.617. The highest BCUT2D eigenvalue weighted by atomic mass is 16.2. The highest BCUT2D eigenvalue weighted by Crippen LogP contribution is 2.06. The molecule has 1 aromatic carbocycles. The first kappa shape index (κ1) is 18.2. The molecule has 3 N–H and O–H groups in total. The van der Waals surface area contributed by atoms with Crippen LogP contribution in [0.3, 0.4) is 0 Å². The van der Waals surface area contributed by atoms with Gasteiger partial charge in [0.15, 0.2) is 13.1 Å². The first-order valence-electron chi connectivity index (χ1n) is 7.80. The van der Waals surface area contributed by atoms with Crippen molar-refractivity contribution < 1.29 is 14.5 Å². The summed E-state index contributed by atoms with van der Waals surface area (Å²) >= 11 is 0. The number of hydrogen-bond acceptors (Lipinski definition) is 2. The predicted octanol–water partition coefficient (Wildman–Crippen LogP) is -0.307. The van der Waals surface area contributed by atoms with Crippen LogP contribution in [0.15, 0.2) is 24.3 Å². The van der Waals surface area contributed by atoms with Gasteiger partial charge >= 0.3 is 0 Å². The van der Waals surface area contributed by atoms with E-state index in [2.05, 4.69) is 29.7 Å². The molecule has 1 aromatic rings. The van der Waals surface area contributed by atoms with Crippen LogP contribution in [0.2, 0.25) is 0 Å². The molecule has 1 rings (SSSR count). The topological polar surface area (TPSA) is 62.6 Å². The smallest absolute Gasteiger partial charge is 0.275 e. The van der Waals surface area contributed by atoms with Crippen LogP contribution in [0.25, 0.3) is 0 Å². The Labute approximate surface area is 133 Å². The molecule has 22 heavy (non-hydrogen) atoms. The van der Waals surface area contributed by atoms with Crippen LogP contribution in [0.1, 0.15) is 25.0 Å². The minimum atomic E-state index is -0.0276. The van der Waals surface area contributed by atoms with Crippen molar-refractivity contribution in [1.82, 2.24) is 10.6 Å². The number of aryl methyl sites for hydroxylation is 1. The van der Waals surface area contributed by atoms with E-state index < -0.39 is 0 Å². The van der Waals surface area contributed by atoms with E-state index in [9.17, 15) is 9.59 Å². The second-order valence-electron chi connectivity index (χ2n) is 6.06. The number of carbonyl (C=O) groups is 2. The Bertz CT molecular complexity index is 500. The van der Waals surface area contributed by atoms with E-state index in [-0.39, 0.29) is 17.9 Å². The third kappa shape index (κ3) is 7.22. The van der Waals surface area contributed by atoms with Crippen molar-refractivity contribution >= 4 is 11.8 Å². The van der Waals surface area contributed by atoms with Crippen LogP contribution in [0.4, 0.5) is 0 Å². The van der Waals surface area contributed by atoms with E-state index in [0.29, 0.717) is 19.6 Å². The molecule has 0 fully saturated rings. The first-order valence-corrected chi connectivity index (χ1v) is 7.80. The minimum absolute atomic E-state index is 0.0246. The number of amides is 2. The maximum absolute atomic E-state index is 11.9. The zero-order valence-electron chi connectivity index (χ0n) is 14.0. The summed E-state index contributed by atoms with van der Waals surface area (Å²) in [5.74, 6) is -0.0522. The standard InChI is InChI=1S/C17H27N3O2/c1-13(2)19-17(22)12-20(4)11-16(21)18-10-9-15-8-6-5-7-14(15)3/h5-8,13H,9-12H2,1-4H3,(H,18,21)(H,19,22)/p+1. The molecule has 0 aliphatic carbocycles. The van der Waals surface area contributed by atoms with E-state index in [1.807, 2.05) is 33.0 Å². The summed E-state index contributed by atoms with van der Waals surface area (Å²) in [7, 11) is 1.85. The molecule has 0 aromatic heterocycles. The zero-order chi connectivity index (χ0) is 16.5. The number of hydrogen-bond donors (Lipinski definition) is 3. The van der Waals surface area contributed by atoms with Gasteiger partial charge in [0.1, 0.15) is 0 Å². The van der Waals surface area contributed by atoms with Crippen molar-refractivity contribution in [2.45, 2.75) is 33.2 Å². The highest BCUT2D eigenvalue weighted by Gasteiger charge is 2.14. The van der Waals surface area contributed by atoms with Crippen LogP contribution in [0, 0.1) is 6.92 Å². The Kier molecular flexibility index (Phi) is 7.60. The summed E-state index contributed by atoms with van der Waals surface area (Å²) in [4.78, 5) is 24.4. The molecule has 0 heterocycles. The Morgan fingerprint density at radius 3 is 2.41 bits per heavy atom. The molecule has 0 bridgehead atoms. The number of nitrogens with one attached hydrogen (secondary N) is 3. The van der Waals surface area contributed by atoms with Crippen molar-refractivity contribution in [3.05, 3.63) is 35.4 Å². The third-order valence-corrected chi connectivity index (χ3v) is 3.35. The van der Waals surface area contributed by atoms with Crippen LogP contribution >= 0.6 is 0 Å². The largest absolute Gasteiger partial charge is 0.351 e. The van der Waals surface area contributed by atoms with Gasteiger partial charge in [0.2, 0.25) is 0 Å². The van der Waals surface area contributed by atoms with E-state index in [4.69, 9.17) is 0 Å². The van der Waals surface area contributed by atoms with Gasteiger partial charge in [-0.25, -0.2) is 0 Å². The second-order valence-corrected chi connectivity index (χ2v) is 6.06. The third-order valence-electron chi connectivity index (χ3n) is 3.35. The summed E-state index contributed by atoms with van der Waals surface area (Å²) in [6, 6.07) is 8.30. The van der Waals surface area contributed by atoms with Crippen molar-refractivity contribution in [1.29, 1.82) is 0 Å². The van der Waals surface area contributed by atoms with Gasteiger partial charge in [-0.1, -0.05) is 24.3 Å². The summed E-state index contributed by atoms with van der Waals surface area (Å²) in [6.07, 6.45) is 0.825. The molecule has 0 aliphatic heterocycles. The van der Waals surface area contributed by atoms with Crippen LogP contribution in [0.5, 0.6) is 0 Å². The normalized spacial score (nSPS) is 12.0. The van der Waals surface area contributed by atoms with Crippen LogP contribution in [-0.2, 0) is 16.0 Å². The molecule has 5 heteroatoms. The molecular weight excluding hydrogens is 278 g/mol. The number of likely N-dealkylation sites (N-methyl/N-ethyl adjacent to an activating group) is 1. The van der Waals surface area contributed by atoms with Gasteiger partial charge in [-0.3, -0.25) is 9.59 Å². The van der Waals surface area contributed by atoms with Crippen LogP contribution < -0.4 is 15.5 Å². The maximum Gasteiger partial charge on any atom is 0.275 e. The number of quaternary nitrogens is 1. The van der Waals surface area contributed by atoms with Gasteiger partial charge in [0.25, 0.3) is 11.8 Å². The fraction of sp³-hybridized carbons (Fsp3) is 0.529. The lowest BCUT2D eigenvalue weighted by molar-refractivity contribution is -0.862. The molecule has 0 radical (unpaired) electrons. The van der Waals surface area contributed by atoms with Crippen LogP contribution in [-0.4, -0.2) is 44.5 Å². The number of rotatable bonds is 8. The van der Waals surface area contributed by atoms with Gasteiger partial charge in [-0.2, -0.15) is 0 Å². The number of carbonyl (C=O) groups excluding carboxylic acids is 2. The summed E-state index contributed by atoms with van der Waals surface area (Å²) in [5, 5.41) is 5.74. The predicted molar refractivity (Wildman–Crippen MR) is 87.8 cm³/mol. The molecule has 1 unspecified atom stereocenters. The Balaban J connectivity index is 2.25. The molecule has 0 aliphatic rings. The fourth-order valence-corrected chi connectivity index (χ4v) is 2.27. The molecule has 122 valence electrons. The summed E-state index contributed by atoms with van der Waals surface area (Å²) in [6.45, 7) is 7.15. The lowest BCUT2D eigenvalue weighted by Crippen LogP contribution is -3.11. The monoisotopic (exact) mass is 306 g/mol. The Hall–Kier alpha value is -1.88. The van der Waals surface area contributed by atoms with Gasteiger partial charge in [0.05, 0.1) is 7.05 Å².